The van der Waals surface area contributed by atoms with Crippen molar-refractivity contribution in [1.29, 1.82) is 0 Å². The van der Waals surface area contributed by atoms with Crippen LogP contribution in [0.1, 0.15) is 36.4 Å². The first-order chi connectivity index (χ1) is 6.27. The lowest BCUT2D eigenvalue weighted by molar-refractivity contribution is 0.579. The molecule has 13 heavy (non-hydrogen) atoms. The van der Waals surface area contributed by atoms with Crippen LogP contribution in [-0.2, 0) is 7.05 Å². The zero-order valence-corrected chi connectivity index (χ0v) is 8.46. The quantitative estimate of drug-likeness (QED) is 0.578. The number of rotatable bonds is 1. The van der Waals surface area contributed by atoms with Gasteiger partial charge in [0.1, 0.15) is 0 Å². The molecule has 0 aromatic carbocycles. The number of allylic oxidation sites excluding steroid dienone is 2. The Labute approximate surface area is 80.1 Å². The highest BCUT2D eigenvalue weighted by Crippen LogP contribution is 2.29. The maximum Gasteiger partial charge on any atom is 0.0208 e. The Morgan fingerprint density at radius 1 is 1.38 bits per heavy atom. The molecule has 1 heteroatoms. The van der Waals surface area contributed by atoms with Crippen LogP contribution in [0.15, 0.2) is 24.4 Å². The van der Waals surface area contributed by atoms with Crippen LogP contribution in [0.4, 0.5) is 0 Å². The molecule has 0 radical (unpaired) electrons. The van der Waals surface area contributed by atoms with Crippen molar-refractivity contribution in [1.82, 2.24) is 4.57 Å². The molecule has 1 aromatic rings. The molecule has 0 amide bonds. The summed E-state index contributed by atoms with van der Waals surface area (Å²) in [6.45, 7) is 2.17. The van der Waals surface area contributed by atoms with Crippen molar-refractivity contribution in [2.24, 2.45) is 7.05 Å². The topological polar surface area (TPSA) is 4.93 Å². The van der Waals surface area contributed by atoms with E-state index in [0.717, 1.165) is 5.92 Å². The molecule has 0 saturated carbocycles. The summed E-state index contributed by atoms with van der Waals surface area (Å²) in [5.41, 5.74) is 2.88. The maximum absolute atomic E-state index is 2.32. The summed E-state index contributed by atoms with van der Waals surface area (Å²) in [6, 6.07) is 2.32. The standard InChI is InChI=1S/C12H17N/c1-10-8-12(13(2)9-10)11-6-4-3-5-7-11/h3-4,8-9,11H,5-7H2,1-2H3. The average molecular weight is 175 g/mol. The summed E-state index contributed by atoms with van der Waals surface area (Å²) in [6.07, 6.45) is 10.6. The highest BCUT2D eigenvalue weighted by atomic mass is 14.9. The Hall–Kier alpha value is -0.980. The second-order valence-electron chi connectivity index (χ2n) is 4.03. The summed E-state index contributed by atoms with van der Waals surface area (Å²) < 4.78 is 2.28. The van der Waals surface area contributed by atoms with Crippen LogP contribution in [0.3, 0.4) is 0 Å². The Balaban J connectivity index is 2.24. The van der Waals surface area contributed by atoms with Crippen LogP contribution in [0, 0.1) is 6.92 Å². The minimum Gasteiger partial charge on any atom is -0.354 e. The molecule has 1 nitrogen and oxygen atoms in total. The van der Waals surface area contributed by atoms with Crippen molar-refractivity contribution in [2.45, 2.75) is 32.1 Å². The average Bonchev–Trinajstić information content (AvgIpc) is 2.47. The minimum atomic E-state index is 0.753. The van der Waals surface area contributed by atoms with E-state index >= 15 is 0 Å². The van der Waals surface area contributed by atoms with E-state index < -0.39 is 0 Å². The van der Waals surface area contributed by atoms with Gasteiger partial charge in [0.05, 0.1) is 0 Å². The first kappa shape index (κ1) is 8.61. The van der Waals surface area contributed by atoms with Crippen LogP contribution in [0.5, 0.6) is 0 Å². The monoisotopic (exact) mass is 175 g/mol. The fraction of sp³-hybridized carbons (Fsp3) is 0.500. The van der Waals surface area contributed by atoms with Gasteiger partial charge >= 0.3 is 0 Å². The lowest BCUT2D eigenvalue weighted by Crippen LogP contribution is -2.05. The summed E-state index contributed by atoms with van der Waals surface area (Å²) in [4.78, 5) is 0. The van der Waals surface area contributed by atoms with E-state index in [1.54, 1.807) is 0 Å². The number of hydrogen-bond acceptors (Lipinski definition) is 0. The van der Waals surface area contributed by atoms with Crippen molar-refractivity contribution in [3.63, 3.8) is 0 Å². The van der Waals surface area contributed by atoms with Crippen molar-refractivity contribution < 1.29 is 0 Å². The second-order valence-corrected chi connectivity index (χ2v) is 4.03. The molecule has 0 fully saturated rings. The third-order valence-corrected chi connectivity index (χ3v) is 2.87. The van der Waals surface area contributed by atoms with E-state index in [9.17, 15) is 0 Å². The third kappa shape index (κ3) is 1.69. The molecule has 1 heterocycles. The predicted octanol–water partition coefficient (Wildman–Crippen LogP) is 3.16. The van der Waals surface area contributed by atoms with Crippen LogP contribution in [0.25, 0.3) is 0 Å². The Bertz CT molecular complexity index is 320. The van der Waals surface area contributed by atoms with Gasteiger partial charge in [0, 0.05) is 24.9 Å². The Morgan fingerprint density at radius 2 is 2.23 bits per heavy atom. The van der Waals surface area contributed by atoms with E-state index in [4.69, 9.17) is 0 Å². The molecule has 2 rings (SSSR count). The molecule has 1 aliphatic rings. The first-order valence-electron chi connectivity index (χ1n) is 5.05. The second kappa shape index (κ2) is 3.41. The largest absolute Gasteiger partial charge is 0.354 e. The lowest BCUT2D eigenvalue weighted by atomic mass is 9.91. The van der Waals surface area contributed by atoms with Crippen molar-refractivity contribution >= 4 is 0 Å². The molecule has 0 aliphatic heterocycles. The minimum absolute atomic E-state index is 0.753. The van der Waals surface area contributed by atoms with E-state index in [0.29, 0.717) is 0 Å². The highest BCUT2D eigenvalue weighted by Gasteiger charge is 2.15. The van der Waals surface area contributed by atoms with Gasteiger partial charge in [-0.3, -0.25) is 0 Å². The van der Waals surface area contributed by atoms with Gasteiger partial charge < -0.3 is 4.57 Å². The van der Waals surface area contributed by atoms with E-state index in [2.05, 4.69) is 43.0 Å². The molecule has 1 aromatic heterocycles. The molecule has 1 unspecified atom stereocenters. The van der Waals surface area contributed by atoms with Gasteiger partial charge in [0.15, 0.2) is 0 Å². The van der Waals surface area contributed by atoms with Gasteiger partial charge in [-0.15, -0.1) is 0 Å². The van der Waals surface area contributed by atoms with Crippen LogP contribution in [-0.4, -0.2) is 4.57 Å². The number of aryl methyl sites for hydroxylation is 2. The van der Waals surface area contributed by atoms with Gasteiger partial charge in [-0.1, -0.05) is 12.2 Å². The molecule has 0 saturated heterocycles. The molecule has 1 aliphatic carbocycles. The number of nitrogens with zero attached hydrogens (tertiary/aromatic N) is 1. The van der Waals surface area contributed by atoms with Crippen molar-refractivity contribution in [3.05, 3.63) is 35.7 Å². The van der Waals surface area contributed by atoms with Crippen molar-refractivity contribution in [3.8, 4) is 0 Å². The summed E-state index contributed by atoms with van der Waals surface area (Å²) in [7, 11) is 2.15. The van der Waals surface area contributed by atoms with Crippen LogP contribution < -0.4 is 0 Å². The predicted molar refractivity (Wildman–Crippen MR) is 55.9 cm³/mol. The number of hydrogen-bond donors (Lipinski definition) is 0. The third-order valence-electron chi connectivity index (χ3n) is 2.87. The van der Waals surface area contributed by atoms with Gasteiger partial charge in [0.25, 0.3) is 0 Å². The Morgan fingerprint density at radius 3 is 2.77 bits per heavy atom. The summed E-state index contributed by atoms with van der Waals surface area (Å²) >= 11 is 0. The summed E-state index contributed by atoms with van der Waals surface area (Å²) in [5, 5.41) is 0. The van der Waals surface area contributed by atoms with Crippen molar-refractivity contribution in [2.75, 3.05) is 0 Å². The van der Waals surface area contributed by atoms with E-state index in [-0.39, 0.29) is 0 Å². The van der Waals surface area contributed by atoms with Crippen LogP contribution in [0.2, 0.25) is 0 Å². The van der Waals surface area contributed by atoms with Gasteiger partial charge in [0.2, 0.25) is 0 Å². The zero-order valence-electron chi connectivity index (χ0n) is 8.46. The lowest BCUT2D eigenvalue weighted by Gasteiger charge is -2.18. The fourth-order valence-corrected chi connectivity index (χ4v) is 2.22. The Kier molecular flexibility index (Phi) is 2.26. The highest BCUT2D eigenvalue weighted by molar-refractivity contribution is 5.22. The first-order valence-corrected chi connectivity index (χ1v) is 5.05. The molecule has 0 spiro atoms. The normalized spacial score (nSPS) is 22.2. The molecule has 70 valence electrons. The van der Waals surface area contributed by atoms with Gasteiger partial charge in [-0.2, -0.15) is 0 Å². The van der Waals surface area contributed by atoms with Gasteiger partial charge in [-0.05, 0) is 37.8 Å². The molecule has 0 bridgehead atoms. The van der Waals surface area contributed by atoms with Crippen LogP contribution >= 0.6 is 0 Å². The van der Waals surface area contributed by atoms with Gasteiger partial charge in [-0.25, -0.2) is 0 Å². The fourth-order valence-electron chi connectivity index (χ4n) is 2.22. The maximum atomic E-state index is 2.32. The number of aromatic nitrogens is 1. The molecule has 1 atom stereocenters. The van der Waals surface area contributed by atoms with E-state index in [1.807, 2.05) is 0 Å². The smallest absolute Gasteiger partial charge is 0.0208 e. The zero-order chi connectivity index (χ0) is 9.26. The van der Waals surface area contributed by atoms with E-state index in [1.165, 1.54) is 30.5 Å². The molecular formula is C12H17N. The molecule has 0 N–H and O–H groups in total. The SMILES string of the molecule is Cc1cc(C2CC=CCC2)n(C)c1. The molecular weight excluding hydrogens is 158 g/mol. The summed E-state index contributed by atoms with van der Waals surface area (Å²) in [5.74, 6) is 0.753.